The number of aromatic nitrogens is 2. The van der Waals surface area contributed by atoms with E-state index in [9.17, 15) is 0 Å². The lowest BCUT2D eigenvalue weighted by Gasteiger charge is -2.11. The van der Waals surface area contributed by atoms with Crippen molar-refractivity contribution in [1.82, 2.24) is 9.97 Å². The second-order valence-corrected chi connectivity index (χ2v) is 5.80. The van der Waals surface area contributed by atoms with Crippen molar-refractivity contribution in [3.63, 3.8) is 0 Å². The number of nitrogens with zero attached hydrogens (tertiary/aromatic N) is 2. The standard InChI is InChI=1S/C14H24N4O/c1-5-6-15-11-7-12(16-10-8-14(10,2)3)18-13(17-11)9-19-4/h7,10H,5-6,8-9H2,1-4H3,(H2,15,16,17,18). The van der Waals surface area contributed by atoms with Gasteiger partial charge in [-0.25, -0.2) is 9.97 Å². The molecule has 0 bridgehead atoms. The molecule has 0 aromatic carbocycles. The van der Waals surface area contributed by atoms with Gasteiger partial charge in [0.15, 0.2) is 5.82 Å². The first-order valence-corrected chi connectivity index (χ1v) is 6.92. The van der Waals surface area contributed by atoms with Crippen molar-refractivity contribution in [3.8, 4) is 0 Å². The average Bonchev–Trinajstić information content (AvgIpc) is 2.94. The Morgan fingerprint density at radius 3 is 2.63 bits per heavy atom. The molecule has 1 heterocycles. The van der Waals surface area contributed by atoms with Gasteiger partial charge in [-0.3, -0.25) is 0 Å². The molecular weight excluding hydrogens is 240 g/mol. The molecule has 5 heteroatoms. The van der Waals surface area contributed by atoms with Crippen molar-refractivity contribution in [3.05, 3.63) is 11.9 Å². The molecule has 2 rings (SSSR count). The van der Waals surface area contributed by atoms with E-state index < -0.39 is 0 Å². The molecule has 1 fully saturated rings. The molecular formula is C14H24N4O. The van der Waals surface area contributed by atoms with E-state index in [1.165, 1.54) is 6.42 Å². The first-order chi connectivity index (χ1) is 9.05. The second-order valence-electron chi connectivity index (χ2n) is 5.80. The number of nitrogens with one attached hydrogen (secondary N) is 2. The molecule has 1 aliphatic rings. The molecule has 19 heavy (non-hydrogen) atoms. The first kappa shape index (κ1) is 14.1. The predicted octanol–water partition coefficient (Wildman–Crippen LogP) is 2.66. The summed E-state index contributed by atoms with van der Waals surface area (Å²) in [6.07, 6.45) is 2.26. The Balaban J connectivity index is 2.09. The Morgan fingerprint density at radius 1 is 1.37 bits per heavy atom. The summed E-state index contributed by atoms with van der Waals surface area (Å²) in [5.41, 5.74) is 0.378. The van der Waals surface area contributed by atoms with Gasteiger partial charge in [0.2, 0.25) is 0 Å². The first-order valence-electron chi connectivity index (χ1n) is 6.92. The number of methoxy groups -OCH3 is 1. The van der Waals surface area contributed by atoms with Gasteiger partial charge in [-0.15, -0.1) is 0 Å². The minimum absolute atomic E-state index is 0.378. The van der Waals surface area contributed by atoms with Gasteiger partial charge in [0.25, 0.3) is 0 Å². The largest absolute Gasteiger partial charge is 0.377 e. The highest BCUT2D eigenvalue weighted by atomic mass is 16.5. The Labute approximate surface area is 115 Å². The average molecular weight is 264 g/mol. The topological polar surface area (TPSA) is 59.1 Å². The van der Waals surface area contributed by atoms with Crippen LogP contribution in [0.2, 0.25) is 0 Å². The summed E-state index contributed by atoms with van der Waals surface area (Å²) in [5.74, 6) is 2.46. The Bertz CT molecular complexity index is 433. The third kappa shape index (κ3) is 3.80. The van der Waals surface area contributed by atoms with E-state index >= 15 is 0 Å². The fourth-order valence-corrected chi connectivity index (χ4v) is 2.00. The van der Waals surface area contributed by atoms with Crippen LogP contribution in [0.15, 0.2) is 6.07 Å². The van der Waals surface area contributed by atoms with Gasteiger partial charge in [-0.05, 0) is 18.3 Å². The molecule has 5 nitrogen and oxygen atoms in total. The van der Waals surface area contributed by atoms with Gasteiger partial charge in [0, 0.05) is 25.8 Å². The summed E-state index contributed by atoms with van der Waals surface area (Å²) < 4.78 is 5.12. The molecule has 1 aliphatic carbocycles. The molecule has 1 atom stereocenters. The molecule has 106 valence electrons. The van der Waals surface area contributed by atoms with E-state index in [1.807, 2.05) is 6.07 Å². The van der Waals surface area contributed by atoms with Crippen LogP contribution in [0.1, 0.15) is 39.4 Å². The highest BCUT2D eigenvalue weighted by Crippen LogP contribution is 2.46. The lowest BCUT2D eigenvalue weighted by Crippen LogP contribution is -2.13. The van der Waals surface area contributed by atoms with Gasteiger partial charge >= 0.3 is 0 Å². The molecule has 1 aromatic heterocycles. The van der Waals surface area contributed by atoms with Crippen molar-refractivity contribution >= 4 is 11.6 Å². The summed E-state index contributed by atoms with van der Waals surface area (Å²) >= 11 is 0. The number of anilines is 2. The van der Waals surface area contributed by atoms with Gasteiger partial charge in [-0.1, -0.05) is 20.8 Å². The molecule has 1 unspecified atom stereocenters. The van der Waals surface area contributed by atoms with Crippen LogP contribution in [0.4, 0.5) is 11.6 Å². The van der Waals surface area contributed by atoms with Crippen LogP contribution < -0.4 is 10.6 Å². The predicted molar refractivity (Wildman–Crippen MR) is 77.3 cm³/mol. The van der Waals surface area contributed by atoms with E-state index in [-0.39, 0.29) is 0 Å². The van der Waals surface area contributed by atoms with E-state index in [2.05, 4.69) is 41.4 Å². The number of ether oxygens (including phenoxy) is 1. The normalized spacial score (nSPS) is 20.1. The molecule has 0 amide bonds. The zero-order valence-corrected chi connectivity index (χ0v) is 12.3. The van der Waals surface area contributed by atoms with Crippen molar-refractivity contribution in [2.24, 2.45) is 5.41 Å². The molecule has 1 aromatic rings. The van der Waals surface area contributed by atoms with Gasteiger partial charge in [0.05, 0.1) is 0 Å². The highest BCUT2D eigenvalue weighted by molar-refractivity contribution is 5.49. The minimum Gasteiger partial charge on any atom is -0.377 e. The van der Waals surface area contributed by atoms with Crippen LogP contribution in [0.3, 0.4) is 0 Å². The monoisotopic (exact) mass is 264 g/mol. The molecule has 0 radical (unpaired) electrons. The quantitative estimate of drug-likeness (QED) is 0.793. The van der Waals surface area contributed by atoms with Crippen LogP contribution in [-0.4, -0.2) is 29.7 Å². The maximum absolute atomic E-state index is 5.12. The summed E-state index contributed by atoms with van der Waals surface area (Å²) in [6, 6.07) is 2.49. The van der Waals surface area contributed by atoms with Crippen molar-refractivity contribution in [2.75, 3.05) is 24.3 Å². The second kappa shape index (κ2) is 5.74. The van der Waals surface area contributed by atoms with E-state index in [0.717, 1.165) is 24.6 Å². The Hall–Kier alpha value is -1.36. The van der Waals surface area contributed by atoms with Crippen LogP contribution >= 0.6 is 0 Å². The third-order valence-corrected chi connectivity index (χ3v) is 3.44. The van der Waals surface area contributed by atoms with E-state index in [4.69, 9.17) is 4.74 Å². The lowest BCUT2D eigenvalue weighted by molar-refractivity contribution is 0.178. The van der Waals surface area contributed by atoms with Crippen LogP contribution in [0.5, 0.6) is 0 Å². The number of hydrogen-bond acceptors (Lipinski definition) is 5. The van der Waals surface area contributed by atoms with Gasteiger partial charge in [0.1, 0.15) is 18.2 Å². The fraction of sp³-hybridized carbons (Fsp3) is 0.714. The van der Waals surface area contributed by atoms with Crippen molar-refractivity contribution in [1.29, 1.82) is 0 Å². The van der Waals surface area contributed by atoms with E-state index in [0.29, 0.717) is 23.9 Å². The van der Waals surface area contributed by atoms with Crippen molar-refractivity contribution in [2.45, 2.75) is 46.3 Å². The third-order valence-electron chi connectivity index (χ3n) is 3.44. The zero-order valence-electron chi connectivity index (χ0n) is 12.3. The maximum atomic E-state index is 5.12. The zero-order chi connectivity index (χ0) is 13.9. The molecule has 1 saturated carbocycles. The van der Waals surface area contributed by atoms with Gasteiger partial charge in [-0.2, -0.15) is 0 Å². The summed E-state index contributed by atoms with van der Waals surface area (Å²) in [6.45, 7) is 8.01. The number of hydrogen-bond donors (Lipinski definition) is 2. The van der Waals surface area contributed by atoms with Crippen LogP contribution in [0.25, 0.3) is 0 Å². The summed E-state index contributed by atoms with van der Waals surface area (Å²) in [4.78, 5) is 8.93. The maximum Gasteiger partial charge on any atom is 0.158 e. The Morgan fingerprint density at radius 2 is 2.05 bits per heavy atom. The Kier molecular flexibility index (Phi) is 4.24. The SMILES string of the molecule is CCCNc1cc(NC2CC2(C)C)nc(COC)n1. The molecule has 2 N–H and O–H groups in total. The smallest absolute Gasteiger partial charge is 0.158 e. The molecule has 0 saturated heterocycles. The lowest BCUT2D eigenvalue weighted by atomic mass is 10.2. The fourth-order valence-electron chi connectivity index (χ4n) is 2.00. The van der Waals surface area contributed by atoms with Crippen LogP contribution in [0, 0.1) is 5.41 Å². The summed E-state index contributed by atoms with van der Waals surface area (Å²) in [7, 11) is 1.66. The summed E-state index contributed by atoms with van der Waals surface area (Å²) in [5, 5.41) is 6.78. The van der Waals surface area contributed by atoms with E-state index in [1.54, 1.807) is 7.11 Å². The van der Waals surface area contributed by atoms with Crippen molar-refractivity contribution < 1.29 is 4.74 Å². The highest BCUT2D eigenvalue weighted by Gasteiger charge is 2.45. The molecule has 0 spiro atoms. The molecule has 0 aliphatic heterocycles. The minimum atomic E-state index is 0.378. The van der Waals surface area contributed by atoms with Crippen LogP contribution in [-0.2, 0) is 11.3 Å². The van der Waals surface area contributed by atoms with Gasteiger partial charge < -0.3 is 15.4 Å². The number of rotatable bonds is 7.